The molecular formula is C18H23NO2. The van der Waals surface area contributed by atoms with E-state index < -0.39 is 5.54 Å². The Kier molecular flexibility index (Phi) is 4.86. The van der Waals surface area contributed by atoms with E-state index in [0.717, 1.165) is 23.4 Å². The van der Waals surface area contributed by atoms with Crippen LogP contribution < -0.4 is 10.1 Å². The van der Waals surface area contributed by atoms with Gasteiger partial charge in [-0.2, -0.15) is 0 Å². The van der Waals surface area contributed by atoms with Crippen molar-refractivity contribution in [3.63, 3.8) is 0 Å². The summed E-state index contributed by atoms with van der Waals surface area (Å²) in [5.74, 6) is 0.817. The second kappa shape index (κ2) is 6.64. The van der Waals surface area contributed by atoms with Crippen LogP contribution in [-0.4, -0.2) is 18.8 Å². The molecule has 0 fully saturated rings. The van der Waals surface area contributed by atoms with E-state index in [2.05, 4.69) is 31.3 Å². The molecule has 0 saturated heterocycles. The predicted octanol–water partition coefficient (Wildman–Crippen LogP) is 3.71. The first-order chi connectivity index (χ1) is 10.1. The van der Waals surface area contributed by atoms with Crippen molar-refractivity contribution in [1.82, 2.24) is 0 Å². The van der Waals surface area contributed by atoms with Gasteiger partial charge in [0.15, 0.2) is 0 Å². The Morgan fingerprint density at radius 2 is 1.67 bits per heavy atom. The molecule has 0 aliphatic carbocycles. The molecule has 0 bridgehead atoms. The lowest BCUT2D eigenvalue weighted by molar-refractivity contribution is 0.207. The zero-order chi connectivity index (χ0) is 15.3. The van der Waals surface area contributed by atoms with Gasteiger partial charge >= 0.3 is 0 Å². The van der Waals surface area contributed by atoms with Gasteiger partial charge in [-0.1, -0.05) is 36.8 Å². The zero-order valence-corrected chi connectivity index (χ0v) is 12.9. The number of hydrogen-bond acceptors (Lipinski definition) is 3. The number of methoxy groups -OCH3 is 1. The summed E-state index contributed by atoms with van der Waals surface area (Å²) < 4.78 is 5.20. The first-order valence-electron chi connectivity index (χ1n) is 7.24. The molecule has 21 heavy (non-hydrogen) atoms. The van der Waals surface area contributed by atoms with Crippen LogP contribution in [0.5, 0.6) is 5.75 Å². The minimum Gasteiger partial charge on any atom is -0.497 e. The van der Waals surface area contributed by atoms with Gasteiger partial charge in [0.2, 0.25) is 0 Å². The van der Waals surface area contributed by atoms with Gasteiger partial charge in [-0.15, -0.1) is 0 Å². The number of anilines is 1. The van der Waals surface area contributed by atoms with Gasteiger partial charge in [-0.3, -0.25) is 0 Å². The molecule has 0 saturated carbocycles. The first-order valence-corrected chi connectivity index (χ1v) is 7.24. The van der Waals surface area contributed by atoms with Crippen molar-refractivity contribution in [2.24, 2.45) is 0 Å². The summed E-state index contributed by atoms with van der Waals surface area (Å²) in [6.45, 7) is 4.16. The van der Waals surface area contributed by atoms with Gasteiger partial charge in [0.05, 0.1) is 19.3 Å². The molecule has 2 aromatic carbocycles. The molecule has 1 atom stereocenters. The third kappa shape index (κ3) is 3.37. The maximum atomic E-state index is 9.98. The molecule has 0 radical (unpaired) electrons. The second-order valence-corrected chi connectivity index (χ2v) is 5.31. The van der Waals surface area contributed by atoms with E-state index in [-0.39, 0.29) is 6.61 Å². The normalized spacial score (nSPS) is 13.5. The van der Waals surface area contributed by atoms with Gasteiger partial charge in [0.1, 0.15) is 5.75 Å². The van der Waals surface area contributed by atoms with Crippen LogP contribution in [0.2, 0.25) is 0 Å². The largest absolute Gasteiger partial charge is 0.497 e. The summed E-state index contributed by atoms with van der Waals surface area (Å²) in [4.78, 5) is 0. The van der Waals surface area contributed by atoms with Crippen molar-refractivity contribution in [2.75, 3.05) is 19.0 Å². The molecule has 0 aliphatic rings. The third-order valence-corrected chi connectivity index (χ3v) is 3.95. The number of aryl methyl sites for hydroxylation is 1. The van der Waals surface area contributed by atoms with Crippen LogP contribution in [0.25, 0.3) is 0 Å². The molecule has 2 N–H and O–H groups in total. The van der Waals surface area contributed by atoms with Gasteiger partial charge < -0.3 is 15.2 Å². The molecule has 112 valence electrons. The highest BCUT2D eigenvalue weighted by molar-refractivity contribution is 5.49. The van der Waals surface area contributed by atoms with Crippen LogP contribution >= 0.6 is 0 Å². The Bertz CT molecular complexity index is 557. The molecular weight excluding hydrogens is 262 g/mol. The summed E-state index contributed by atoms with van der Waals surface area (Å²) >= 11 is 0. The van der Waals surface area contributed by atoms with Crippen LogP contribution in [-0.2, 0) is 5.54 Å². The van der Waals surface area contributed by atoms with Crippen molar-refractivity contribution in [2.45, 2.75) is 25.8 Å². The molecule has 3 nitrogen and oxygen atoms in total. The molecule has 3 heteroatoms. The first kappa shape index (κ1) is 15.4. The molecule has 0 spiro atoms. The average Bonchev–Trinajstić information content (AvgIpc) is 2.55. The van der Waals surface area contributed by atoms with E-state index in [4.69, 9.17) is 4.74 Å². The maximum absolute atomic E-state index is 9.98. The maximum Gasteiger partial charge on any atom is 0.118 e. The van der Waals surface area contributed by atoms with Crippen molar-refractivity contribution in [3.05, 3.63) is 59.7 Å². The lowest BCUT2D eigenvalue weighted by atomic mass is 9.87. The Morgan fingerprint density at radius 1 is 1.05 bits per heavy atom. The zero-order valence-electron chi connectivity index (χ0n) is 12.9. The van der Waals surface area contributed by atoms with Crippen LogP contribution in [0.1, 0.15) is 24.5 Å². The third-order valence-electron chi connectivity index (χ3n) is 3.95. The van der Waals surface area contributed by atoms with Crippen molar-refractivity contribution >= 4 is 5.69 Å². The lowest BCUT2D eigenvalue weighted by Crippen LogP contribution is -2.38. The van der Waals surface area contributed by atoms with Crippen molar-refractivity contribution in [1.29, 1.82) is 0 Å². The van der Waals surface area contributed by atoms with Crippen LogP contribution in [0.3, 0.4) is 0 Å². The number of aliphatic hydroxyl groups excluding tert-OH is 1. The Labute approximate surface area is 126 Å². The Balaban J connectivity index is 2.32. The molecule has 0 aliphatic heterocycles. The fourth-order valence-corrected chi connectivity index (χ4v) is 2.43. The van der Waals surface area contributed by atoms with Crippen molar-refractivity contribution in [3.8, 4) is 5.75 Å². The van der Waals surface area contributed by atoms with E-state index in [1.54, 1.807) is 7.11 Å². The molecule has 2 rings (SSSR count). The van der Waals surface area contributed by atoms with Crippen LogP contribution in [0.4, 0.5) is 5.69 Å². The number of nitrogens with one attached hydrogen (secondary N) is 1. The molecule has 0 heterocycles. The Morgan fingerprint density at radius 3 is 2.14 bits per heavy atom. The molecule has 0 aromatic heterocycles. The highest BCUT2D eigenvalue weighted by atomic mass is 16.5. The fourth-order valence-electron chi connectivity index (χ4n) is 2.43. The smallest absolute Gasteiger partial charge is 0.118 e. The van der Waals surface area contributed by atoms with E-state index in [1.807, 2.05) is 36.4 Å². The highest BCUT2D eigenvalue weighted by Crippen LogP contribution is 2.30. The summed E-state index contributed by atoms with van der Waals surface area (Å²) in [5, 5.41) is 13.5. The summed E-state index contributed by atoms with van der Waals surface area (Å²) in [6, 6.07) is 16.1. The van der Waals surface area contributed by atoms with Gasteiger partial charge in [-0.25, -0.2) is 0 Å². The van der Waals surface area contributed by atoms with Gasteiger partial charge in [-0.05, 0) is 43.2 Å². The number of hydrogen-bond donors (Lipinski definition) is 2. The number of rotatable bonds is 6. The predicted molar refractivity (Wildman–Crippen MR) is 86.9 cm³/mol. The van der Waals surface area contributed by atoms with E-state index in [9.17, 15) is 5.11 Å². The standard InChI is InChI=1S/C18H23NO2/c1-4-18(13-20,15-7-11-17(21-3)12-8-15)19-16-9-5-14(2)6-10-16/h5-12,19-20H,4,13H2,1-3H3. The number of benzene rings is 2. The van der Waals surface area contributed by atoms with Gasteiger partial charge in [0, 0.05) is 5.69 Å². The van der Waals surface area contributed by atoms with Crippen molar-refractivity contribution < 1.29 is 9.84 Å². The lowest BCUT2D eigenvalue weighted by Gasteiger charge is -2.34. The monoisotopic (exact) mass is 285 g/mol. The van der Waals surface area contributed by atoms with E-state index >= 15 is 0 Å². The summed E-state index contributed by atoms with van der Waals surface area (Å²) in [6.07, 6.45) is 0.781. The fraction of sp³-hybridized carbons (Fsp3) is 0.333. The topological polar surface area (TPSA) is 41.5 Å². The highest BCUT2D eigenvalue weighted by Gasteiger charge is 2.29. The number of aliphatic hydroxyl groups is 1. The summed E-state index contributed by atoms with van der Waals surface area (Å²) in [7, 11) is 1.65. The van der Waals surface area contributed by atoms with E-state index in [0.29, 0.717) is 0 Å². The van der Waals surface area contributed by atoms with Crippen LogP contribution in [0, 0.1) is 6.92 Å². The molecule has 2 aromatic rings. The van der Waals surface area contributed by atoms with E-state index in [1.165, 1.54) is 5.56 Å². The van der Waals surface area contributed by atoms with Crippen LogP contribution in [0.15, 0.2) is 48.5 Å². The second-order valence-electron chi connectivity index (χ2n) is 5.31. The minimum absolute atomic E-state index is 0.0315. The minimum atomic E-state index is -0.485. The average molecular weight is 285 g/mol. The Hall–Kier alpha value is -2.00. The molecule has 1 unspecified atom stereocenters. The summed E-state index contributed by atoms with van der Waals surface area (Å²) in [5.41, 5.74) is 2.79. The SMILES string of the molecule is CCC(CO)(Nc1ccc(C)cc1)c1ccc(OC)cc1. The van der Waals surface area contributed by atoms with Gasteiger partial charge in [0.25, 0.3) is 0 Å². The molecule has 0 amide bonds. The quantitative estimate of drug-likeness (QED) is 0.850. The number of ether oxygens (including phenoxy) is 1.